The Bertz CT molecular complexity index is 405. The van der Waals surface area contributed by atoms with E-state index in [1.54, 1.807) is 11.0 Å². The maximum atomic E-state index is 12.1. The zero-order chi connectivity index (χ0) is 12.4. The molecule has 1 fully saturated rings. The lowest BCUT2D eigenvalue weighted by molar-refractivity contribution is 0.0772. The van der Waals surface area contributed by atoms with E-state index in [1.165, 1.54) is 12.7 Å². The van der Waals surface area contributed by atoms with Gasteiger partial charge in [-0.3, -0.25) is 4.79 Å². The Balaban J connectivity index is 1.94. The molecule has 1 unspecified atom stereocenters. The summed E-state index contributed by atoms with van der Waals surface area (Å²) >= 11 is 3.24. The summed E-state index contributed by atoms with van der Waals surface area (Å²) in [6.45, 7) is 3.01. The lowest BCUT2D eigenvalue weighted by Crippen LogP contribution is -2.32. The van der Waals surface area contributed by atoms with Crippen molar-refractivity contribution in [3.05, 3.63) is 22.6 Å². The maximum Gasteiger partial charge on any atom is 0.258 e. The fourth-order valence-electron chi connectivity index (χ4n) is 2.30. The van der Waals surface area contributed by atoms with Crippen molar-refractivity contribution in [2.75, 3.05) is 33.7 Å². The highest BCUT2D eigenvalue weighted by Crippen LogP contribution is 2.21. The Labute approximate surface area is 110 Å². The van der Waals surface area contributed by atoms with Crippen molar-refractivity contribution in [1.29, 1.82) is 0 Å². The molecule has 1 saturated heterocycles. The van der Waals surface area contributed by atoms with Gasteiger partial charge in [0.25, 0.3) is 5.91 Å². The minimum atomic E-state index is 0.0141. The fourth-order valence-corrected chi connectivity index (χ4v) is 2.71. The van der Waals surface area contributed by atoms with Crippen molar-refractivity contribution in [3.8, 4) is 0 Å². The second-order valence-electron chi connectivity index (χ2n) is 4.71. The first-order chi connectivity index (χ1) is 8.08. The summed E-state index contributed by atoms with van der Waals surface area (Å²) in [7, 11) is 3.97. The van der Waals surface area contributed by atoms with Crippen molar-refractivity contribution in [2.24, 2.45) is 5.92 Å². The number of carbonyl (C=O) groups excluding carboxylic acids is 1. The minimum absolute atomic E-state index is 0.0141. The second-order valence-corrected chi connectivity index (χ2v) is 5.43. The van der Waals surface area contributed by atoms with Crippen LogP contribution in [0, 0.1) is 5.92 Å². The molecule has 4 nitrogen and oxygen atoms in total. The first kappa shape index (κ1) is 12.6. The summed E-state index contributed by atoms with van der Waals surface area (Å²) < 4.78 is 5.60. The molecule has 0 aliphatic carbocycles. The Morgan fingerprint density at radius 2 is 2.47 bits per heavy atom. The number of hydrogen-bond acceptors (Lipinski definition) is 3. The van der Waals surface area contributed by atoms with Crippen LogP contribution >= 0.6 is 15.9 Å². The number of likely N-dealkylation sites (tertiary alicyclic amines) is 1. The lowest BCUT2D eigenvalue weighted by atomic mass is 10.1. The Morgan fingerprint density at radius 1 is 1.71 bits per heavy atom. The van der Waals surface area contributed by atoms with E-state index in [2.05, 4.69) is 27.9 Å². The van der Waals surface area contributed by atoms with Crippen LogP contribution < -0.4 is 0 Å². The summed E-state index contributed by atoms with van der Waals surface area (Å²) in [4.78, 5) is 16.2. The number of halogens is 1. The topological polar surface area (TPSA) is 36.7 Å². The summed E-state index contributed by atoms with van der Waals surface area (Å²) in [5.41, 5.74) is 0.596. The molecule has 0 saturated carbocycles. The smallest absolute Gasteiger partial charge is 0.258 e. The van der Waals surface area contributed by atoms with E-state index in [0.717, 1.165) is 19.6 Å². The molecule has 5 heteroatoms. The van der Waals surface area contributed by atoms with Gasteiger partial charge in [-0.15, -0.1) is 0 Å². The number of amides is 1. The summed E-state index contributed by atoms with van der Waals surface area (Å²) in [5, 5.41) is 0. The average molecular weight is 301 g/mol. The van der Waals surface area contributed by atoms with Gasteiger partial charge in [0.15, 0.2) is 4.67 Å². The predicted molar refractivity (Wildman–Crippen MR) is 69.0 cm³/mol. The summed E-state index contributed by atoms with van der Waals surface area (Å²) in [6.07, 6.45) is 2.69. The molecule has 0 bridgehead atoms. The molecule has 0 aromatic carbocycles. The number of nitrogens with zero attached hydrogens (tertiary/aromatic N) is 2. The van der Waals surface area contributed by atoms with E-state index in [1.807, 2.05) is 7.05 Å². The van der Waals surface area contributed by atoms with Crippen LogP contribution in [0.25, 0.3) is 0 Å². The third-order valence-corrected chi connectivity index (χ3v) is 3.83. The predicted octanol–water partition coefficient (Wildman–Crippen LogP) is 2.07. The van der Waals surface area contributed by atoms with Crippen LogP contribution in [0.3, 0.4) is 0 Å². The molecule has 2 rings (SSSR count). The number of rotatable bonds is 3. The van der Waals surface area contributed by atoms with Crippen molar-refractivity contribution in [2.45, 2.75) is 6.42 Å². The van der Waals surface area contributed by atoms with Gasteiger partial charge in [0.1, 0.15) is 0 Å². The molecule has 1 amide bonds. The molecule has 0 N–H and O–H groups in total. The van der Waals surface area contributed by atoms with Crippen molar-refractivity contribution in [3.63, 3.8) is 0 Å². The number of hydrogen-bond donors (Lipinski definition) is 0. The number of furan rings is 1. The van der Waals surface area contributed by atoms with Crippen LogP contribution in [0.2, 0.25) is 0 Å². The van der Waals surface area contributed by atoms with Crippen LogP contribution in [-0.4, -0.2) is 49.4 Å². The van der Waals surface area contributed by atoms with Gasteiger partial charge in [-0.05, 0) is 47.9 Å². The van der Waals surface area contributed by atoms with Gasteiger partial charge in [0.05, 0.1) is 11.8 Å². The van der Waals surface area contributed by atoms with Crippen LogP contribution in [0.4, 0.5) is 0 Å². The average Bonchev–Trinajstić information content (AvgIpc) is 2.86. The highest BCUT2D eigenvalue weighted by Gasteiger charge is 2.24. The van der Waals surface area contributed by atoms with Gasteiger partial charge in [-0.1, -0.05) is 0 Å². The van der Waals surface area contributed by atoms with E-state index >= 15 is 0 Å². The normalized spacial score (nSPS) is 20.8. The molecule has 1 aromatic rings. The molecule has 94 valence electrons. The van der Waals surface area contributed by atoms with E-state index in [4.69, 9.17) is 4.42 Å². The second kappa shape index (κ2) is 5.23. The molecular formula is C12H17BrN2O2. The third-order valence-electron chi connectivity index (χ3n) is 3.22. The van der Waals surface area contributed by atoms with Gasteiger partial charge in [-0.2, -0.15) is 0 Å². The maximum absolute atomic E-state index is 12.1. The molecule has 0 radical (unpaired) electrons. The highest BCUT2D eigenvalue weighted by molar-refractivity contribution is 9.10. The molecule has 1 aliphatic rings. The third kappa shape index (κ3) is 2.90. The number of carbonyl (C=O) groups is 1. The Hall–Kier alpha value is -0.810. The van der Waals surface area contributed by atoms with E-state index < -0.39 is 0 Å². The molecular weight excluding hydrogens is 284 g/mol. The minimum Gasteiger partial charge on any atom is -0.457 e. The Morgan fingerprint density at radius 3 is 3.00 bits per heavy atom. The summed E-state index contributed by atoms with van der Waals surface area (Å²) in [6, 6.07) is 1.70. The van der Waals surface area contributed by atoms with Gasteiger partial charge >= 0.3 is 0 Å². The molecule has 0 spiro atoms. The quantitative estimate of drug-likeness (QED) is 0.857. The molecule has 1 aliphatic heterocycles. The van der Waals surface area contributed by atoms with Gasteiger partial charge < -0.3 is 14.2 Å². The molecule has 1 aromatic heterocycles. The van der Waals surface area contributed by atoms with Crippen molar-refractivity contribution < 1.29 is 9.21 Å². The Kier molecular flexibility index (Phi) is 3.89. The summed E-state index contributed by atoms with van der Waals surface area (Å²) in [5.74, 6) is 0.597. The fraction of sp³-hybridized carbons (Fsp3) is 0.583. The molecule has 17 heavy (non-hydrogen) atoms. The SMILES string of the molecule is CN1CCC(CN(C)C(=O)c2ccoc2Br)C1. The van der Waals surface area contributed by atoms with Gasteiger partial charge in [0.2, 0.25) is 0 Å². The van der Waals surface area contributed by atoms with Crippen LogP contribution in [-0.2, 0) is 0 Å². The first-order valence-corrected chi connectivity index (χ1v) is 6.54. The monoisotopic (exact) mass is 300 g/mol. The molecule has 2 heterocycles. The zero-order valence-electron chi connectivity index (χ0n) is 10.1. The highest BCUT2D eigenvalue weighted by atomic mass is 79.9. The van der Waals surface area contributed by atoms with Crippen LogP contribution in [0.5, 0.6) is 0 Å². The standard InChI is InChI=1S/C12H17BrN2O2/c1-14-5-3-9(7-14)8-15(2)12(16)10-4-6-17-11(10)13/h4,6,9H,3,5,7-8H2,1-2H3. The van der Waals surface area contributed by atoms with E-state index in [0.29, 0.717) is 16.2 Å². The first-order valence-electron chi connectivity index (χ1n) is 5.75. The molecule has 1 atom stereocenters. The lowest BCUT2D eigenvalue weighted by Gasteiger charge is -2.20. The van der Waals surface area contributed by atoms with E-state index in [-0.39, 0.29) is 5.91 Å². The van der Waals surface area contributed by atoms with E-state index in [9.17, 15) is 4.79 Å². The van der Waals surface area contributed by atoms with Crippen molar-refractivity contribution in [1.82, 2.24) is 9.80 Å². The van der Waals surface area contributed by atoms with Gasteiger partial charge in [-0.25, -0.2) is 0 Å². The zero-order valence-corrected chi connectivity index (χ0v) is 11.7. The van der Waals surface area contributed by atoms with Gasteiger partial charge in [0, 0.05) is 20.1 Å². The van der Waals surface area contributed by atoms with Crippen LogP contribution in [0.1, 0.15) is 16.8 Å². The van der Waals surface area contributed by atoms with Crippen molar-refractivity contribution >= 4 is 21.8 Å². The van der Waals surface area contributed by atoms with Crippen LogP contribution in [0.15, 0.2) is 21.4 Å². The largest absolute Gasteiger partial charge is 0.457 e.